The van der Waals surface area contributed by atoms with Gasteiger partial charge in [-0.2, -0.15) is 0 Å². The Morgan fingerprint density at radius 3 is 2.62 bits per heavy atom. The monoisotopic (exact) mass is 300 g/mol. The van der Waals surface area contributed by atoms with Gasteiger partial charge in [0, 0.05) is 31.1 Å². The Hall–Kier alpha value is -1.48. The van der Waals surface area contributed by atoms with Gasteiger partial charge in [-0.25, -0.2) is 0 Å². The average molecular weight is 300 g/mol. The number of unbranched alkanes of at least 4 members (excludes halogenated alkanes) is 3. The largest absolute Gasteiger partial charge is 0.368 e. The molecular weight excluding hydrogens is 276 g/mol. The minimum atomic E-state index is 1.00. The molecule has 3 rings (SSSR count). The molecule has 0 fully saturated rings. The summed E-state index contributed by atoms with van der Waals surface area (Å²) in [6.45, 7) is 4.39. The van der Waals surface area contributed by atoms with E-state index in [0.29, 0.717) is 0 Å². The summed E-state index contributed by atoms with van der Waals surface area (Å²) >= 11 is 1.82. The molecule has 0 aliphatic carbocycles. The highest BCUT2D eigenvalue weighted by atomic mass is 32.1. The Morgan fingerprint density at radius 2 is 1.81 bits per heavy atom. The van der Waals surface area contributed by atoms with Crippen LogP contribution >= 0.6 is 11.3 Å². The number of anilines is 3. The van der Waals surface area contributed by atoms with Crippen molar-refractivity contribution in [3.63, 3.8) is 0 Å². The van der Waals surface area contributed by atoms with Crippen molar-refractivity contribution >= 4 is 28.4 Å². The van der Waals surface area contributed by atoms with Crippen molar-refractivity contribution in [2.75, 3.05) is 23.4 Å². The number of fused-ring (bicyclic) bond motifs is 2. The number of para-hydroxylation sites is 2. The first kappa shape index (κ1) is 14.5. The molecule has 3 heteroatoms. The van der Waals surface area contributed by atoms with E-state index in [-0.39, 0.29) is 0 Å². The van der Waals surface area contributed by atoms with E-state index in [1.54, 1.807) is 0 Å². The van der Waals surface area contributed by atoms with E-state index in [1.807, 2.05) is 11.3 Å². The van der Waals surface area contributed by atoms with E-state index in [4.69, 9.17) is 0 Å². The summed E-state index contributed by atoms with van der Waals surface area (Å²) < 4.78 is 0. The van der Waals surface area contributed by atoms with E-state index < -0.39 is 0 Å². The molecule has 0 bridgehead atoms. The Labute approximate surface area is 132 Å². The smallest absolute Gasteiger partial charge is 0.0648 e. The molecule has 1 aromatic heterocycles. The maximum atomic E-state index is 2.53. The van der Waals surface area contributed by atoms with Crippen molar-refractivity contribution in [2.24, 2.45) is 0 Å². The lowest BCUT2D eigenvalue weighted by atomic mass is 10.1. The molecule has 2 heterocycles. The van der Waals surface area contributed by atoms with Crippen molar-refractivity contribution < 1.29 is 0 Å². The number of benzene rings is 1. The van der Waals surface area contributed by atoms with Crippen molar-refractivity contribution in [1.82, 2.24) is 0 Å². The third-order valence-corrected chi connectivity index (χ3v) is 5.02. The molecule has 1 aliphatic rings. The van der Waals surface area contributed by atoms with Gasteiger partial charge in [-0.3, -0.25) is 0 Å². The number of thiophene rings is 1. The number of nitrogens with zero attached hydrogens (tertiary/aromatic N) is 2. The fraction of sp³-hybridized carbons (Fsp3) is 0.444. The van der Waals surface area contributed by atoms with Crippen molar-refractivity contribution in [3.8, 4) is 0 Å². The predicted molar refractivity (Wildman–Crippen MR) is 94.0 cm³/mol. The summed E-state index contributed by atoms with van der Waals surface area (Å²) in [5.74, 6) is 0. The average Bonchev–Trinajstić information content (AvgIpc) is 2.91. The van der Waals surface area contributed by atoms with Gasteiger partial charge in [-0.1, -0.05) is 38.3 Å². The van der Waals surface area contributed by atoms with Gasteiger partial charge in [0.2, 0.25) is 0 Å². The van der Waals surface area contributed by atoms with Gasteiger partial charge in [0.25, 0.3) is 0 Å². The minimum Gasteiger partial charge on any atom is -0.368 e. The Bertz CT molecular complexity index is 590. The second kappa shape index (κ2) is 6.52. The molecule has 0 radical (unpaired) electrons. The van der Waals surface area contributed by atoms with Crippen LogP contribution in [-0.2, 0) is 6.54 Å². The van der Waals surface area contributed by atoms with E-state index in [2.05, 4.69) is 58.8 Å². The van der Waals surface area contributed by atoms with Gasteiger partial charge in [-0.05, 0) is 23.9 Å². The quantitative estimate of drug-likeness (QED) is 0.681. The first-order valence-electron chi connectivity index (χ1n) is 7.94. The fourth-order valence-electron chi connectivity index (χ4n) is 3.10. The molecule has 0 saturated heterocycles. The molecule has 0 atom stereocenters. The topological polar surface area (TPSA) is 6.48 Å². The lowest BCUT2D eigenvalue weighted by Gasteiger charge is -2.26. The van der Waals surface area contributed by atoms with Gasteiger partial charge in [0.15, 0.2) is 0 Å². The summed E-state index contributed by atoms with van der Waals surface area (Å²) in [6.07, 6.45) is 5.22. The molecular formula is C18H24N2S. The Balaban J connectivity index is 1.92. The molecule has 0 unspecified atom stereocenters. The summed E-state index contributed by atoms with van der Waals surface area (Å²) in [4.78, 5) is 4.90. The van der Waals surface area contributed by atoms with E-state index >= 15 is 0 Å². The fourth-order valence-corrected chi connectivity index (χ4v) is 3.93. The van der Waals surface area contributed by atoms with Crippen LogP contribution in [0, 0.1) is 0 Å². The lowest BCUT2D eigenvalue weighted by molar-refractivity contribution is 0.668. The zero-order chi connectivity index (χ0) is 14.7. The number of hydrogen-bond acceptors (Lipinski definition) is 3. The first-order chi connectivity index (χ1) is 10.3. The second-order valence-corrected chi connectivity index (χ2v) is 6.58. The van der Waals surface area contributed by atoms with Gasteiger partial charge < -0.3 is 9.80 Å². The SMILES string of the molecule is CCCCCCN1c2cscc2CN(C)c2ccccc21. The molecule has 1 aromatic carbocycles. The van der Waals surface area contributed by atoms with Crippen LogP contribution in [0.5, 0.6) is 0 Å². The van der Waals surface area contributed by atoms with Crippen molar-refractivity contribution in [1.29, 1.82) is 0 Å². The number of rotatable bonds is 5. The van der Waals surface area contributed by atoms with Crippen LogP contribution in [0.1, 0.15) is 38.2 Å². The standard InChI is InChI=1S/C18H24N2S/c1-3-4-5-8-11-20-17-10-7-6-9-16(17)19(2)12-15-13-21-14-18(15)20/h6-7,9-10,13-14H,3-5,8,11-12H2,1-2H3. The van der Waals surface area contributed by atoms with E-state index in [1.165, 1.54) is 48.3 Å². The minimum absolute atomic E-state index is 1.00. The predicted octanol–water partition coefficient (Wildman–Crippen LogP) is 5.42. The van der Waals surface area contributed by atoms with Crippen LogP contribution < -0.4 is 9.80 Å². The van der Waals surface area contributed by atoms with Crippen LogP contribution in [0.3, 0.4) is 0 Å². The van der Waals surface area contributed by atoms with Crippen LogP contribution in [0.4, 0.5) is 17.1 Å². The molecule has 2 nitrogen and oxygen atoms in total. The highest BCUT2D eigenvalue weighted by molar-refractivity contribution is 7.08. The molecule has 0 saturated carbocycles. The van der Waals surface area contributed by atoms with Crippen LogP contribution in [-0.4, -0.2) is 13.6 Å². The third-order valence-electron chi connectivity index (χ3n) is 4.24. The zero-order valence-corrected chi connectivity index (χ0v) is 13.8. The van der Waals surface area contributed by atoms with Crippen molar-refractivity contribution in [3.05, 3.63) is 40.6 Å². The van der Waals surface area contributed by atoms with Crippen LogP contribution in [0.15, 0.2) is 35.0 Å². The number of hydrogen-bond donors (Lipinski definition) is 0. The normalized spacial score (nSPS) is 13.8. The highest BCUT2D eigenvalue weighted by Crippen LogP contribution is 2.41. The van der Waals surface area contributed by atoms with Gasteiger partial charge in [0.05, 0.1) is 17.1 Å². The van der Waals surface area contributed by atoms with E-state index in [9.17, 15) is 0 Å². The maximum absolute atomic E-state index is 2.53. The molecule has 1 aliphatic heterocycles. The summed E-state index contributed by atoms with van der Waals surface area (Å²) in [5, 5.41) is 4.61. The van der Waals surface area contributed by atoms with Gasteiger partial charge in [-0.15, -0.1) is 11.3 Å². The highest BCUT2D eigenvalue weighted by Gasteiger charge is 2.23. The van der Waals surface area contributed by atoms with Gasteiger partial charge >= 0.3 is 0 Å². The first-order valence-corrected chi connectivity index (χ1v) is 8.88. The second-order valence-electron chi connectivity index (χ2n) is 5.84. The van der Waals surface area contributed by atoms with Crippen molar-refractivity contribution in [2.45, 2.75) is 39.2 Å². The molecule has 0 spiro atoms. The summed E-state index contributed by atoms with van der Waals surface area (Å²) in [6, 6.07) is 8.80. The van der Waals surface area contributed by atoms with E-state index in [0.717, 1.165) is 13.1 Å². The summed E-state index contributed by atoms with van der Waals surface area (Å²) in [7, 11) is 2.20. The molecule has 21 heavy (non-hydrogen) atoms. The Kier molecular flexibility index (Phi) is 4.49. The molecule has 0 amide bonds. The van der Waals surface area contributed by atoms with Gasteiger partial charge in [0.1, 0.15) is 0 Å². The van der Waals surface area contributed by atoms with Crippen LogP contribution in [0.25, 0.3) is 0 Å². The third kappa shape index (κ3) is 2.93. The lowest BCUT2D eigenvalue weighted by Crippen LogP contribution is -2.19. The molecule has 0 N–H and O–H groups in total. The van der Waals surface area contributed by atoms with Crippen LogP contribution in [0.2, 0.25) is 0 Å². The zero-order valence-electron chi connectivity index (χ0n) is 13.0. The molecule has 112 valence electrons. The Morgan fingerprint density at radius 1 is 1.00 bits per heavy atom. The maximum Gasteiger partial charge on any atom is 0.0648 e. The molecule has 2 aromatic rings. The summed E-state index contributed by atoms with van der Waals surface area (Å²) in [5.41, 5.74) is 5.56.